The summed E-state index contributed by atoms with van der Waals surface area (Å²) in [5, 5.41) is 2.70. The van der Waals surface area contributed by atoms with Gasteiger partial charge in [0, 0.05) is 26.6 Å². The highest BCUT2D eigenvalue weighted by molar-refractivity contribution is 5.78. The van der Waals surface area contributed by atoms with Crippen molar-refractivity contribution in [1.82, 2.24) is 10.2 Å². The molecule has 1 atom stereocenters. The molecular weight excluding hydrogens is 300 g/mol. The Labute approximate surface area is 135 Å². The van der Waals surface area contributed by atoms with Crippen molar-refractivity contribution in [2.24, 2.45) is 0 Å². The van der Waals surface area contributed by atoms with Crippen LogP contribution in [0.5, 0.6) is 11.5 Å². The number of methoxy groups -OCH3 is 1. The topological polar surface area (TPSA) is 77.1 Å². The Morgan fingerprint density at radius 3 is 2.78 bits per heavy atom. The summed E-state index contributed by atoms with van der Waals surface area (Å²) in [5.41, 5.74) is 0. The molecule has 0 aromatic heterocycles. The molecule has 1 aromatic carbocycles. The van der Waals surface area contributed by atoms with Crippen LogP contribution in [0.25, 0.3) is 0 Å². The number of nitrogens with zero attached hydrogens (tertiary/aromatic N) is 1. The largest absolute Gasteiger partial charge is 0.493 e. The number of carbonyl (C=O) groups excluding carboxylic acids is 2. The van der Waals surface area contributed by atoms with Gasteiger partial charge in [0.15, 0.2) is 18.1 Å². The third-order valence-electron chi connectivity index (χ3n) is 3.49. The molecule has 1 unspecified atom stereocenters. The molecule has 0 bridgehead atoms. The first-order valence-electron chi connectivity index (χ1n) is 7.49. The van der Waals surface area contributed by atoms with Crippen LogP contribution >= 0.6 is 0 Å². The Morgan fingerprint density at radius 2 is 2.09 bits per heavy atom. The zero-order chi connectivity index (χ0) is 16.7. The van der Waals surface area contributed by atoms with Crippen LogP contribution in [0.4, 0.5) is 0 Å². The lowest BCUT2D eigenvalue weighted by Crippen LogP contribution is -2.50. The molecule has 2 amide bonds. The predicted molar refractivity (Wildman–Crippen MR) is 83.5 cm³/mol. The molecule has 0 radical (unpaired) electrons. The maximum atomic E-state index is 12.3. The van der Waals surface area contributed by atoms with E-state index in [4.69, 9.17) is 14.2 Å². The van der Waals surface area contributed by atoms with Crippen LogP contribution in [0.1, 0.15) is 6.92 Å². The van der Waals surface area contributed by atoms with Gasteiger partial charge in [0.1, 0.15) is 0 Å². The number of carbonyl (C=O) groups is 2. The fourth-order valence-corrected chi connectivity index (χ4v) is 2.30. The van der Waals surface area contributed by atoms with Crippen LogP contribution in [0.3, 0.4) is 0 Å². The second kappa shape index (κ2) is 8.38. The van der Waals surface area contributed by atoms with Gasteiger partial charge in [-0.1, -0.05) is 12.1 Å². The molecule has 23 heavy (non-hydrogen) atoms. The molecule has 1 heterocycles. The summed E-state index contributed by atoms with van der Waals surface area (Å²) in [4.78, 5) is 24.9. The number of rotatable bonds is 6. The van der Waals surface area contributed by atoms with Gasteiger partial charge in [-0.3, -0.25) is 9.59 Å². The van der Waals surface area contributed by atoms with Crippen LogP contribution < -0.4 is 14.8 Å². The highest BCUT2D eigenvalue weighted by atomic mass is 16.5. The van der Waals surface area contributed by atoms with E-state index < -0.39 is 0 Å². The van der Waals surface area contributed by atoms with Crippen LogP contribution in [0.2, 0.25) is 0 Å². The summed E-state index contributed by atoms with van der Waals surface area (Å²) in [6, 6.07) is 7.19. The Morgan fingerprint density at radius 1 is 1.35 bits per heavy atom. The van der Waals surface area contributed by atoms with Crippen molar-refractivity contribution in [3.63, 3.8) is 0 Å². The summed E-state index contributed by atoms with van der Waals surface area (Å²) in [7, 11) is 1.55. The maximum absolute atomic E-state index is 12.3. The molecular formula is C16H22N2O5. The van der Waals surface area contributed by atoms with E-state index in [1.165, 1.54) is 6.92 Å². The van der Waals surface area contributed by atoms with Crippen LogP contribution in [-0.4, -0.2) is 62.8 Å². The minimum absolute atomic E-state index is 0.0623. The minimum atomic E-state index is -0.192. The van der Waals surface area contributed by atoms with Gasteiger partial charge in [0.05, 0.1) is 19.8 Å². The van der Waals surface area contributed by atoms with Gasteiger partial charge in [0.2, 0.25) is 5.91 Å². The number of amides is 2. The Bertz CT molecular complexity index is 549. The lowest BCUT2D eigenvalue weighted by Gasteiger charge is -2.33. The van der Waals surface area contributed by atoms with Crippen molar-refractivity contribution in [2.45, 2.75) is 13.0 Å². The van der Waals surface area contributed by atoms with E-state index in [0.29, 0.717) is 37.7 Å². The van der Waals surface area contributed by atoms with E-state index in [1.54, 1.807) is 24.1 Å². The van der Waals surface area contributed by atoms with Gasteiger partial charge in [-0.2, -0.15) is 0 Å². The van der Waals surface area contributed by atoms with Crippen molar-refractivity contribution in [2.75, 3.05) is 40.0 Å². The average molecular weight is 322 g/mol. The molecule has 7 nitrogen and oxygen atoms in total. The summed E-state index contributed by atoms with van der Waals surface area (Å²) in [6.07, 6.45) is -0.192. The van der Waals surface area contributed by atoms with Crippen molar-refractivity contribution in [3.05, 3.63) is 24.3 Å². The molecule has 7 heteroatoms. The standard InChI is InChI=1S/C16H22N2O5/c1-12(19)17-9-13-10-18(7-8-22-13)16(20)11-23-15-6-4-3-5-14(15)21-2/h3-6,13H,7-11H2,1-2H3,(H,17,19). The molecule has 0 saturated carbocycles. The van der Waals surface area contributed by atoms with E-state index in [1.807, 2.05) is 12.1 Å². The normalized spacial score (nSPS) is 17.5. The van der Waals surface area contributed by atoms with Crippen molar-refractivity contribution in [1.29, 1.82) is 0 Å². The molecule has 2 rings (SSSR count). The average Bonchev–Trinajstić information content (AvgIpc) is 2.58. The van der Waals surface area contributed by atoms with Gasteiger partial charge in [-0.25, -0.2) is 0 Å². The highest BCUT2D eigenvalue weighted by Crippen LogP contribution is 2.25. The van der Waals surface area contributed by atoms with E-state index in [0.717, 1.165) is 0 Å². The van der Waals surface area contributed by atoms with E-state index in [2.05, 4.69) is 5.32 Å². The first-order chi connectivity index (χ1) is 11.1. The van der Waals surface area contributed by atoms with Gasteiger partial charge in [0.25, 0.3) is 5.91 Å². The molecule has 1 N–H and O–H groups in total. The lowest BCUT2D eigenvalue weighted by molar-refractivity contribution is -0.140. The third-order valence-corrected chi connectivity index (χ3v) is 3.49. The Hall–Kier alpha value is -2.28. The van der Waals surface area contributed by atoms with Crippen molar-refractivity contribution >= 4 is 11.8 Å². The zero-order valence-electron chi connectivity index (χ0n) is 13.4. The number of nitrogens with one attached hydrogen (secondary N) is 1. The SMILES string of the molecule is COc1ccccc1OCC(=O)N1CCOC(CNC(C)=O)C1. The number of hydrogen-bond acceptors (Lipinski definition) is 5. The predicted octanol–water partition coefficient (Wildman–Crippen LogP) is 0.438. The molecule has 0 aliphatic carbocycles. The van der Waals surface area contributed by atoms with Crippen molar-refractivity contribution in [3.8, 4) is 11.5 Å². The van der Waals surface area contributed by atoms with Gasteiger partial charge < -0.3 is 24.4 Å². The van der Waals surface area contributed by atoms with Gasteiger partial charge in [-0.05, 0) is 12.1 Å². The van der Waals surface area contributed by atoms with E-state index in [-0.39, 0.29) is 24.5 Å². The summed E-state index contributed by atoms with van der Waals surface area (Å²) < 4.78 is 16.3. The second-order valence-electron chi connectivity index (χ2n) is 5.21. The third kappa shape index (κ3) is 5.14. The van der Waals surface area contributed by atoms with Gasteiger partial charge in [-0.15, -0.1) is 0 Å². The number of morpholine rings is 1. The molecule has 0 spiro atoms. The molecule has 1 aliphatic rings. The van der Waals surface area contributed by atoms with Crippen LogP contribution in [-0.2, 0) is 14.3 Å². The lowest BCUT2D eigenvalue weighted by atomic mass is 10.2. The van der Waals surface area contributed by atoms with Crippen LogP contribution in [0, 0.1) is 0 Å². The summed E-state index contributed by atoms with van der Waals surface area (Å²) >= 11 is 0. The van der Waals surface area contributed by atoms with E-state index >= 15 is 0 Å². The highest BCUT2D eigenvalue weighted by Gasteiger charge is 2.24. The summed E-state index contributed by atoms with van der Waals surface area (Å²) in [5.74, 6) is 0.890. The molecule has 1 fully saturated rings. The van der Waals surface area contributed by atoms with Crippen LogP contribution in [0.15, 0.2) is 24.3 Å². The first kappa shape index (κ1) is 17.1. The quantitative estimate of drug-likeness (QED) is 0.822. The molecule has 1 aromatic rings. The Kier molecular flexibility index (Phi) is 6.22. The first-order valence-corrected chi connectivity index (χ1v) is 7.49. The summed E-state index contributed by atoms with van der Waals surface area (Å²) in [6.45, 7) is 3.19. The number of hydrogen-bond donors (Lipinski definition) is 1. The number of ether oxygens (including phenoxy) is 3. The fourth-order valence-electron chi connectivity index (χ4n) is 2.30. The maximum Gasteiger partial charge on any atom is 0.260 e. The van der Waals surface area contributed by atoms with Crippen molar-refractivity contribution < 1.29 is 23.8 Å². The zero-order valence-corrected chi connectivity index (χ0v) is 13.4. The fraction of sp³-hybridized carbons (Fsp3) is 0.500. The second-order valence-corrected chi connectivity index (χ2v) is 5.21. The monoisotopic (exact) mass is 322 g/mol. The molecule has 1 saturated heterocycles. The van der Waals surface area contributed by atoms with E-state index in [9.17, 15) is 9.59 Å². The smallest absolute Gasteiger partial charge is 0.260 e. The molecule has 126 valence electrons. The molecule has 1 aliphatic heterocycles. The Balaban J connectivity index is 1.84. The number of para-hydroxylation sites is 2. The minimum Gasteiger partial charge on any atom is -0.493 e. The van der Waals surface area contributed by atoms with Gasteiger partial charge >= 0.3 is 0 Å². The number of benzene rings is 1.